The average Bonchev–Trinajstić information content (AvgIpc) is 2.97. The molecule has 0 atom stereocenters. The molecule has 1 aliphatic rings. The third-order valence-electron chi connectivity index (χ3n) is 3.22. The van der Waals surface area contributed by atoms with E-state index < -0.39 is 6.43 Å². The van der Waals surface area contributed by atoms with Crippen molar-refractivity contribution in [3.63, 3.8) is 0 Å². The lowest BCUT2D eigenvalue weighted by Gasteiger charge is -2.10. The predicted molar refractivity (Wildman–Crippen MR) is 60.4 cm³/mol. The standard InChI is InChI=1S/C13H17F2N/c1-13(6-7-13)9-16-8-10-2-4-11(5-3-10)12(14)15/h2-5,12,16H,6-9H2,1H3. The van der Waals surface area contributed by atoms with Gasteiger partial charge in [0.2, 0.25) is 0 Å². The molecule has 1 N–H and O–H groups in total. The summed E-state index contributed by atoms with van der Waals surface area (Å²) >= 11 is 0. The number of nitrogens with one attached hydrogen (secondary N) is 1. The Hall–Kier alpha value is -0.960. The van der Waals surface area contributed by atoms with Crippen molar-refractivity contribution in [3.8, 4) is 0 Å². The Labute approximate surface area is 94.9 Å². The lowest BCUT2D eigenvalue weighted by Crippen LogP contribution is -2.21. The Balaban J connectivity index is 1.80. The van der Waals surface area contributed by atoms with E-state index in [1.807, 2.05) is 0 Å². The van der Waals surface area contributed by atoms with Crippen molar-refractivity contribution in [3.05, 3.63) is 35.4 Å². The van der Waals surface area contributed by atoms with Crippen LogP contribution in [-0.4, -0.2) is 6.54 Å². The lowest BCUT2D eigenvalue weighted by molar-refractivity contribution is 0.151. The van der Waals surface area contributed by atoms with Crippen molar-refractivity contribution >= 4 is 0 Å². The molecule has 0 unspecified atom stereocenters. The van der Waals surface area contributed by atoms with Crippen LogP contribution in [0, 0.1) is 5.41 Å². The zero-order valence-corrected chi connectivity index (χ0v) is 9.47. The summed E-state index contributed by atoms with van der Waals surface area (Å²) in [6.07, 6.45) is 0.224. The quantitative estimate of drug-likeness (QED) is 0.808. The summed E-state index contributed by atoms with van der Waals surface area (Å²) in [5.41, 5.74) is 1.65. The SMILES string of the molecule is CC1(CNCc2ccc(C(F)F)cc2)CC1. The maximum atomic E-state index is 12.3. The maximum absolute atomic E-state index is 12.3. The minimum absolute atomic E-state index is 0.0953. The van der Waals surface area contributed by atoms with Gasteiger partial charge in [0.05, 0.1) is 0 Å². The van der Waals surface area contributed by atoms with Crippen molar-refractivity contribution in [2.24, 2.45) is 5.41 Å². The van der Waals surface area contributed by atoms with Gasteiger partial charge in [0.15, 0.2) is 0 Å². The summed E-state index contributed by atoms with van der Waals surface area (Å²) < 4.78 is 24.6. The van der Waals surface area contributed by atoms with Gasteiger partial charge in [0, 0.05) is 18.7 Å². The predicted octanol–water partition coefficient (Wildman–Crippen LogP) is 3.51. The fourth-order valence-electron chi connectivity index (χ4n) is 1.68. The first kappa shape index (κ1) is 11.5. The number of benzene rings is 1. The molecule has 88 valence electrons. The maximum Gasteiger partial charge on any atom is 0.263 e. The Morgan fingerprint density at radius 1 is 1.25 bits per heavy atom. The van der Waals surface area contributed by atoms with E-state index >= 15 is 0 Å². The van der Waals surface area contributed by atoms with E-state index in [2.05, 4.69) is 12.2 Å². The molecule has 1 aromatic carbocycles. The van der Waals surface area contributed by atoms with Crippen molar-refractivity contribution in [1.29, 1.82) is 0 Å². The topological polar surface area (TPSA) is 12.0 Å². The minimum Gasteiger partial charge on any atom is -0.312 e. The van der Waals surface area contributed by atoms with E-state index in [4.69, 9.17) is 0 Å². The molecule has 0 saturated heterocycles. The molecule has 2 rings (SSSR count). The van der Waals surface area contributed by atoms with Crippen LogP contribution in [0.1, 0.15) is 37.3 Å². The zero-order chi connectivity index (χ0) is 11.6. The smallest absolute Gasteiger partial charge is 0.263 e. The Bertz CT molecular complexity index is 341. The van der Waals surface area contributed by atoms with Crippen molar-refractivity contribution in [2.75, 3.05) is 6.54 Å². The van der Waals surface area contributed by atoms with E-state index in [0.29, 0.717) is 5.41 Å². The Morgan fingerprint density at radius 2 is 1.88 bits per heavy atom. The minimum atomic E-state index is -2.37. The number of hydrogen-bond donors (Lipinski definition) is 1. The summed E-state index contributed by atoms with van der Waals surface area (Å²) in [5.74, 6) is 0. The summed E-state index contributed by atoms with van der Waals surface area (Å²) in [5, 5.41) is 3.37. The van der Waals surface area contributed by atoms with E-state index in [1.54, 1.807) is 12.1 Å². The molecule has 0 radical (unpaired) electrons. The van der Waals surface area contributed by atoms with E-state index in [0.717, 1.165) is 18.7 Å². The van der Waals surface area contributed by atoms with Crippen LogP contribution in [0.15, 0.2) is 24.3 Å². The fourth-order valence-corrected chi connectivity index (χ4v) is 1.68. The number of hydrogen-bond acceptors (Lipinski definition) is 1. The molecule has 1 fully saturated rings. The van der Waals surface area contributed by atoms with Crippen molar-refractivity contribution in [1.82, 2.24) is 5.32 Å². The van der Waals surface area contributed by atoms with Crippen molar-refractivity contribution < 1.29 is 8.78 Å². The van der Waals surface area contributed by atoms with Gasteiger partial charge in [0.1, 0.15) is 0 Å². The third-order valence-corrected chi connectivity index (χ3v) is 3.22. The second-order valence-corrected chi connectivity index (χ2v) is 4.96. The number of rotatable bonds is 5. The van der Waals surface area contributed by atoms with Crippen LogP contribution in [-0.2, 0) is 6.54 Å². The monoisotopic (exact) mass is 225 g/mol. The average molecular weight is 225 g/mol. The molecular weight excluding hydrogens is 208 g/mol. The molecule has 0 heterocycles. The summed E-state index contributed by atoms with van der Waals surface area (Å²) in [4.78, 5) is 0. The van der Waals surface area contributed by atoms with Gasteiger partial charge in [0.25, 0.3) is 6.43 Å². The first-order valence-corrected chi connectivity index (χ1v) is 5.67. The molecular formula is C13H17F2N. The van der Waals surface area contributed by atoms with Gasteiger partial charge in [-0.25, -0.2) is 8.78 Å². The van der Waals surface area contributed by atoms with Crippen LogP contribution in [0.3, 0.4) is 0 Å². The highest BCUT2D eigenvalue weighted by Gasteiger charge is 2.36. The summed E-state index contributed by atoms with van der Waals surface area (Å²) in [6, 6.07) is 6.54. The first-order chi connectivity index (χ1) is 7.59. The Morgan fingerprint density at radius 3 is 2.38 bits per heavy atom. The lowest BCUT2D eigenvalue weighted by atomic mass is 10.1. The van der Waals surface area contributed by atoms with Crippen LogP contribution < -0.4 is 5.32 Å². The van der Waals surface area contributed by atoms with Gasteiger partial charge in [-0.2, -0.15) is 0 Å². The molecule has 0 spiro atoms. The summed E-state index contributed by atoms with van der Waals surface area (Å²) in [6.45, 7) is 4.04. The molecule has 1 saturated carbocycles. The highest BCUT2D eigenvalue weighted by atomic mass is 19.3. The van der Waals surface area contributed by atoms with Gasteiger partial charge in [-0.1, -0.05) is 31.2 Å². The second kappa shape index (κ2) is 4.50. The first-order valence-electron chi connectivity index (χ1n) is 5.67. The van der Waals surface area contributed by atoms with Crippen LogP contribution in [0.4, 0.5) is 8.78 Å². The molecule has 16 heavy (non-hydrogen) atoms. The van der Waals surface area contributed by atoms with Gasteiger partial charge in [-0.05, 0) is 23.8 Å². The van der Waals surface area contributed by atoms with Crippen LogP contribution in [0.5, 0.6) is 0 Å². The van der Waals surface area contributed by atoms with Gasteiger partial charge < -0.3 is 5.32 Å². The van der Waals surface area contributed by atoms with E-state index in [-0.39, 0.29) is 5.56 Å². The molecule has 0 aromatic heterocycles. The summed E-state index contributed by atoms with van der Waals surface area (Å²) in [7, 11) is 0. The highest BCUT2D eigenvalue weighted by Crippen LogP contribution is 2.44. The number of halogens is 2. The fraction of sp³-hybridized carbons (Fsp3) is 0.538. The molecule has 1 nitrogen and oxygen atoms in total. The Kier molecular flexibility index (Phi) is 3.24. The van der Waals surface area contributed by atoms with Crippen LogP contribution >= 0.6 is 0 Å². The molecule has 0 aliphatic heterocycles. The molecule has 1 aromatic rings. The second-order valence-electron chi connectivity index (χ2n) is 4.96. The molecule has 3 heteroatoms. The number of alkyl halides is 2. The molecule has 0 amide bonds. The zero-order valence-electron chi connectivity index (χ0n) is 9.47. The highest BCUT2D eigenvalue weighted by molar-refractivity contribution is 5.23. The normalized spacial score (nSPS) is 17.8. The largest absolute Gasteiger partial charge is 0.312 e. The van der Waals surface area contributed by atoms with E-state index in [9.17, 15) is 8.78 Å². The van der Waals surface area contributed by atoms with Gasteiger partial charge >= 0.3 is 0 Å². The molecule has 0 bridgehead atoms. The molecule has 1 aliphatic carbocycles. The van der Waals surface area contributed by atoms with Gasteiger partial charge in [-0.15, -0.1) is 0 Å². The third kappa shape index (κ3) is 3.01. The van der Waals surface area contributed by atoms with Crippen LogP contribution in [0.2, 0.25) is 0 Å². The van der Waals surface area contributed by atoms with Crippen molar-refractivity contribution in [2.45, 2.75) is 32.7 Å². The van der Waals surface area contributed by atoms with Crippen LogP contribution in [0.25, 0.3) is 0 Å². The van der Waals surface area contributed by atoms with Gasteiger partial charge in [-0.3, -0.25) is 0 Å². The van der Waals surface area contributed by atoms with E-state index in [1.165, 1.54) is 25.0 Å².